The van der Waals surface area contributed by atoms with Crippen LogP contribution in [0.3, 0.4) is 0 Å². The summed E-state index contributed by atoms with van der Waals surface area (Å²) < 4.78 is 1.75. The standard InChI is InChI=1S/C9H11N7OS/c1-5-3-6(7(10)15-17)13-8(12-5)18-9-14-11-4-16(9)2/h3-4,17H,1-2H3,(H2,10,15). The van der Waals surface area contributed by atoms with Crippen molar-refractivity contribution in [3.63, 3.8) is 0 Å². The number of oxime groups is 1. The van der Waals surface area contributed by atoms with E-state index >= 15 is 0 Å². The Balaban J connectivity index is 2.34. The molecule has 0 aliphatic rings. The molecule has 0 amide bonds. The minimum Gasteiger partial charge on any atom is -0.409 e. The predicted molar refractivity (Wildman–Crippen MR) is 64.4 cm³/mol. The fraction of sp³-hybridized carbons (Fsp3) is 0.222. The Morgan fingerprint density at radius 1 is 1.50 bits per heavy atom. The average molecular weight is 265 g/mol. The van der Waals surface area contributed by atoms with Crippen LogP contribution in [0.1, 0.15) is 11.4 Å². The number of aryl methyl sites for hydroxylation is 2. The van der Waals surface area contributed by atoms with Gasteiger partial charge < -0.3 is 15.5 Å². The lowest BCUT2D eigenvalue weighted by Crippen LogP contribution is -2.16. The minimum atomic E-state index is -0.0553. The van der Waals surface area contributed by atoms with Crippen LogP contribution in [0.15, 0.2) is 27.9 Å². The average Bonchev–Trinajstić information content (AvgIpc) is 2.73. The third-order valence-corrected chi connectivity index (χ3v) is 2.97. The molecular weight excluding hydrogens is 254 g/mol. The molecule has 0 saturated heterocycles. The fourth-order valence-electron chi connectivity index (χ4n) is 1.22. The summed E-state index contributed by atoms with van der Waals surface area (Å²) >= 11 is 1.25. The summed E-state index contributed by atoms with van der Waals surface area (Å²) in [7, 11) is 1.82. The molecule has 0 spiro atoms. The van der Waals surface area contributed by atoms with Crippen LogP contribution in [0, 0.1) is 6.92 Å². The number of hydrogen-bond acceptors (Lipinski definition) is 7. The number of amidine groups is 1. The third-order valence-electron chi connectivity index (χ3n) is 2.06. The Kier molecular flexibility index (Phi) is 3.42. The zero-order valence-corrected chi connectivity index (χ0v) is 10.6. The van der Waals surface area contributed by atoms with E-state index in [1.807, 2.05) is 7.05 Å². The van der Waals surface area contributed by atoms with Crippen molar-refractivity contribution in [3.8, 4) is 0 Å². The summed E-state index contributed by atoms with van der Waals surface area (Å²) in [5.74, 6) is -0.0553. The van der Waals surface area contributed by atoms with Gasteiger partial charge in [-0.05, 0) is 24.8 Å². The van der Waals surface area contributed by atoms with Crippen LogP contribution in [-0.4, -0.2) is 35.8 Å². The lowest BCUT2D eigenvalue weighted by molar-refractivity contribution is 0.318. The Morgan fingerprint density at radius 3 is 2.89 bits per heavy atom. The van der Waals surface area contributed by atoms with Crippen LogP contribution >= 0.6 is 11.8 Å². The van der Waals surface area contributed by atoms with Crippen LogP contribution in [0.4, 0.5) is 0 Å². The van der Waals surface area contributed by atoms with Crippen molar-refractivity contribution in [2.75, 3.05) is 0 Å². The number of rotatable bonds is 3. The van der Waals surface area contributed by atoms with Gasteiger partial charge in [-0.15, -0.1) is 10.2 Å². The molecule has 18 heavy (non-hydrogen) atoms. The molecule has 0 radical (unpaired) electrons. The molecule has 2 rings (SSSR count). The molecule has 2 aromatic heterocycles. The lowest BCUT2D eigenvalue weighted by Gasteiger charge is -2.03. The molecule has 2 aromatic rings. The van der Waals surface area contributed by atoms with Gasteiger partial charge in [0.05, 0.1) is 0 Å². The first-order valence-electron chi connectivity index (χ1n) is 4.95. The monoisotopic (exact) mass is 265 g/mol. The van der Waals surface area contributed by atoms with E-state index in [2.05, 4.69) is 25.3 Å². The molecule has 94 valence electrons. The van der Waals surface area contributed by atoms with Crippen molar-refractivity contribution in [1.29, 1.82) is 0 Å². The SMILES string of the molecule is Cc1cc(/C(N)=N/O)nc(Sc2nncn2C)n1. The van der Waals surface area contributed by atoms with Gasteiger partial charge in [-0.1, -0.05) is 5.16 Å². The quantitative estimate of drug-likeness (QED) is 0.267. The van der Waals surface area contributed by atoms with E-state index in [4.69, 9.17) is 10.9 Å². The van der Waals surface area contributed by atoms with Crippen molar-refractivity contribution in [2.24, 2.45) is 17.9 Å². The van der Waals surface area contributed by atoms with Gasteiger partial charge in [0.25, 0.3) is 0 Å². The van der Waals surface area contributed by atoms with Gasteiger partial charge in [-0.3, -0.25) is 0 Å². The number of nitrogens with two attached hydrogens (primary N) is 1. The molecule has 2 heterocycles. The fourth-order valence-corrected chi connectivity index (χ4v) is 1.99. The van der Waals surface area contributed by atoms with Gasteiger partial charge in [-0.2, -0.15) is 0 Å². The van der Waals surface area contributed by atoms with E-state index in [1.165, 1.54) is 11.8 Å². The van der Waals surface area contributed by atoms with Crippen LogP contribution in [-0.2, 0) is 7.05 Å². The summed E-state index contributed by atoms with van der Waals surface area (Å²) in [5, 5.41) is 20.4. The maximum Gasteiger partial charge on any atom is 0.198 e. The van der Waals surface area contributed by atoms with Gasteiger partial charge in [0.2, 0.25) is 0 Å². The normalized spacial score (nSPS) is 11.8. The first kappa shape index (κ1) is 12.3. The second-order valence-corrected chi connectivity index (χ2v) is 4.42. The summed E-state index contributed by atoms with van der Waals surface area (Å²) in [6, 6.07) is 1.63. The maximum atomic E-state index is 8.64. The number of nitrogens with zero attached hydrogens (tertiary/aromatic N) is 6. The van der Waals surface area contributed by atoms with Gasteiger partial charge in [0.15, 0.2) is 16.1 Å². The minimum absolute atomic E-state index is 0.0553. The van der Waals surface area contributed by atoms with Gasteiger partial charge in [-0.25, -0.2) is 9.97 Å². The summed E-state index contributed by atoms with van der Waals surface area (Å²) in [6.45, 7) is 1.80. The Bertz CT molecular complexity index is 594. The molecule has 0 atom stereocenters. The van der Waals surface area contributed by atoms with E-state index in [-0.39, 0.29) is 5.84 Å². The van der Waals surface area contributed by atoms with Crippen molar-refractivity contribution in [1.82, 2.24) is 24.7 Å². The lowest BCUT2D eigenvalue weighted by atomic mass is 10.3. The highest BCUT2D eigenvalue weighted by Gasteiger charge is 2.10. The van der Waals surface area contributed by atoms with Gasteiger partial charge >= 0.3 is 0 Å². The first-order valence-corrected chi connectivity index (χ1v) is 5.77. The van der Waals surface area contributed by atoms with Crippen LogP contribution in [0.25, 0.3) is 0 Å². The van der Waals surface area contributed by atoms with Crippen molar-refractivity contribution in [3.05, 3.63) is 23.8 Å². The molecule has 0 saturated carbocycles. The molecule has 0 aliphatic carbocycles. The highest BCUT2D eigenvalue weighted by Crippen LogP contribution is 2.21. The second-order valence-electron chi connectivity index (χ2n) is 3.49. The summed E-state index contributed by atoms with van der Waals surface area (Å²) in [6.07, 6.45) is 1.59. The molecular formula is C9H11N7OS. The molecule has 9 heteroatoms. The molecule has 0 bridgehead atoms. The molecule has 0 aliphatic heterocycles. The Morgan fingerprint density at radius 2 is 2.28 bits per heavy atom. The second kappa shape index (κ2) is 5.00. The largest absolute Gasteiger partial charge is 0.409 e. The third kappa shape index (κ3) is 2.56. The summed E-state index contributed by atoms with van der Waals surface area (Å²) in [4.78, 5) is 8.42. The summed E-state index contributed by atoms with van der Waals surface area (Å²) in [5.41, 5.74) is 6.59. The van der Waals surface area contributed by atoms with Gasteiger partial charge in [0, 0.05) is 12.7 Å². The van der Waals surface area contributed by atoms with E-state index < -0.39 is 0 Å². The number of aromatic nitrogens is 5. The highest BCUT2D eigenvalue weighted by atomic mass is 32.2. The Labute approximate surface area is 107 Å². The van der Waals surface area contributed by atoms with Gasteiger partial charge in [0.1, 0.15) is 12.0 Å². The molecule has 0 unspecified atom stereocenters. The number of hydrogen-bond donors (Lipinski definition) is 2. The van der Waals surface area contributed by atoms with Crippen molar-refractivity contribution < 1.29 is 5.21 Å². The maximum absolute atomic E-state index is 8.64. The van der Waals surface area contributed by atoms with Crippen LogP contribution < -0.4 is 5.73 Å². The molecule has 0 aromatic carbocycles. The van der Waals surface area contributed by atoms with Crippen molar-refractivity contribution >= 4 is 17.6 Å². The molecule has 8 nitrogen and oxygen atoms in total. The first-order chi connectivity index (χ1) is 8.60. The van der Waals surface area contributed by atoms with E-state index in [0.717, 1.165) is 5.69 Å². The van der Waals surface area contributed by atoms with E-state index in [0.29, 0.717) is 16.0 Å². The van der Waals surface area contributed by atoms with E-state index in [9.17, 15) is 0 Å². The van der Waals surface area contributed by atoms with Crippen LogP contribution in [0.2, 0.25) is 0 Å². The topological polar surface area (TPSA) is 115 Å². The Hall–Kier alpha value is -2.16. The molecule has 3 N–H and O–H groups in total. The van der Waals surface area contributed by atoms with Crippen molar-refractivity contribution in [2.45, 2.75) is 17.2 Å². The van der Waals surface area contributed by atoms with E-state index in [1.54, 1.807) is 23.9 Å². The van der Waals surface area contributed by atoms with Crippen LogP contribution in [0.5, 0.6) is 0 Å². The predicted octanol–water partition coefficient (Wildman–Crippen LogP) is 0.159. The highest BCUT2D eigenvalue weighted by molar-refractivity contribution is 7.99. The zero-order valence-electron chi connectivity index (χ0n) is 9.77. The molecule has 0 fully saturated rings. The smallest absolute Gasteiger partial charge is 0.198 e. The zero-order chi connectivity index (χ0) is 13.1.